The Morgan fingerprint density at radius 3 is 2.73 bits per heavy atom. The van der Waals surface area contributed by atoms with Crippen molar-refractivity contribution in [3.05, 3.63) is 58.6 Å². The van der Waals surface area contributed by atoms with Crippen LogP contribution in [0.1, 0.15) is 18.9 Å². The van der Waals surface area contributed by atoms with Crippen LogP contribution >= 0.6 is 39.9 Å². The lowest BCUT2D eigenvalue weighted by Gasteiger charge is -2.18. The number of aliphatic imine (C=N–C) groups is 1. The molecule has 6 heteroatoms. The highest BCUT2D eigenvalue weighted by Gasteiger charge is 2.22. The van der Waals surface area contributed by atoms with E-state index in [1.54, 1.807) is 0 Å². The number of hydrogen-bond acceptors (Lipinski definition) is 2. The lowest BCUT2D eigenvalue weighted by Crippen LogP contribution is -2.25. The van der Waals surface area contributed by atoms with Crippen molar-refractivity contribution in [3.63, 3.8) is 0 Å². The fourth-order valence-electron chi connectivity index (χ4n) is 3.13. The molecule has 0 bridgehead atoms. The molecule has 0 aromatic heterocycles. The molecular formula is C20H26BrIN4. The van der Waals surface area contributed by atoms with Crippen molar-refractivity contribution in [2.75, 3.05) is 29.9 Å². The highest BCUT2D eigenvalue weighted by molar-refractivity contribution is 14.0. The van der Waals surface area contributed by atoms with Gasteiger partial charge in [0.25, 0.3) is 0 Å². The Morgan fingerprint density at radius 2 is 2.04 bits per heavy atom. The number of benzene rings is 2. The molecule has 3 rings (SSSR count). The van der Waals surface area contributed by atoms with Gasteiger partial charge in [0.05, 0.1) is 0 Å². The smallest absolute Gasteiger partial charge is 0.193 e. The van der Waals surface area contributed by atoms with Crippen LogP contribution in [0.4, 0.5) is 11.4 Å². The van der Waals surface area contributed by atoms with E-state index in [0.29, 0.717) is 11.9 Å². The molecule has 0 aliphatic carbocycles. The van der Waals surface area contributed by atoms with Crippen LogP contribution < -0.4 is 16.0 Å². The fraction of sp³-hybridized carbons (Fsp3) is 0.350. The van der Waals surface area contributed by atoms with E-state index in [9.17, 15) is 0 Å². The monoisotopic (exact) mass is 528 g/mol. The molecule has 0 spiro atoms. The lowest BCUT2D eigenvalue weighted by atomic mass is 10.1. The van der Waals surface area contributed by atoms with Gasteiger partial charge in [0.1, 0.15) is 0 Å². The zero-order valence-corrected chi connectivity index (χ0v) is 18.9. The van der Waals surface area contributed by atoms with Crippen LogP contribution in [-0.4, -0.2) is 25.6 Å². The Morgan fingerprint density at radius 1 is 1.27 bits per heavy atom. The minimum absolute atomic E-state index is 0. The Balaban J connectivity index is 0.00000243. The van der Waals surface area contributed by atoms with Gasteiger partial charge in [-0.3, -0.25) is 4.99 Å². The first-order valence-electron chi connectivity index (χ1n) is 8.80. The van der Waals surface area contributed by atoms with E-state index in [-0.39, 0.29) is 24.0 Å². The molecule has 1 fully saturated rings. The molecule has 1 aliphatic rings. The summed E-state index contributed by atoms with van der Waals surface area (Å²) in [7, 11) is 0. The molecule has 0 amide bonds. The summed E-state index contributed by atoms with van der Waals surface area (Å²) in [6.45, 7) is 5.01. The summed E-state index contributed by atoms with van der Waals surface area (Å²) in [5, 5.41) is 3.18. The molecule has 1 aliphatic heterocycles. The van der Waals surface area contributed by atoms with Gasteiger partial charge in [0.2, 0.25) is 0 Å². The van der Waals surface area contributed by atoms with Crippen LogP contribution in [0.25, 0.3) is 0 Å². The summed E-state index contributed by atoms with van der Waals surface area (Å²) in [4.78, 5) is 6.95. The number of nitrogens with zero attached hydrogens (tertiary/aromatic N) is 2. The molecule has 2 aromatic carbocycles. The largest absolute Gasteiger partial charge is 0.371 e. The second-order valence-electron chi connectivity index (χ2n) is 6.48. The molecule has 2 aromatic rings. The number of nitrogens with one attached hydrogen (secondary N) is 1. The number of halogens is 2. The SMILES string of the molecule is CCc1ccc(NC(N)=NCC2CCN(c3cccc(Br)c3)C2)cc1.I. The number of nitrogens with two attached hydrogens (primary N) is 1. The van der Waals surface area contributed by atoms with Gasteiger partial charge in [0.15, 0.2) is 5.96 Å². The summed E-state index contributed by atoms with van der Waals surface area (Å²) in [6.07, 6.45) is 2.19. The second-order valence-corrected chi connectivity index (χ2v) is 7.40. The van der Waals surface area contributed by atoms with Crippen LogP contribution in [0.15, 0.2) is 58.0 Å². The number of aryl methyl sites for hydroxylation is 1. The van der Waals surface area contributed by atoms with Crippen molar-refractivity contribution in [1.82, 2.24) is 0 Å². The Bertz CT molecular complexity index is 733. The van der Waals surface area contributed by atoms with Crippen LogP contribution in [0.2, 0.25) is 0 Å². The van der Waals surface area contributed by atoms with Gasteiger partial charge < -0.3 is 16.0 Å². The third kappa shape index (κ3) is 5.87. The molecular weight excluding hydrogens is 503 g/mol. The van der Waals surface area contributed by atoms with Gasteiger partial charge in [-0.15, -0.1) is 24.0 Å². The van der Waals surface area contributed by atoms with Gasteiger partial charge in [0, 0.05) is 35.5 Å². The predicted octanol–water partition coefficient (Wildman–Crippen LogP) is 4.88. The van der Waals surface area contributed by atoms with Crippen molar-refractivity contribution in [2.45, 2.75) is 19.8 Å². The van der Waals surface area contributed by atoms with E-state index in [1.807, 2.05) is 12.1 Å². The van der Waals surface area contributed by atoms with Crippen LogP contribution in [-0.2, 0) is 6.42 Å². The minimum Gasteiger partial charge on any atom is -0.371 e. The van der Waals surface area contributed by atoms with Gasteiger partial charge >= 0.3 is 0 Å². The molecule has 26 heavy (non-hydrogen) atoms. The third-order valence-corrected chi connectivity index (χ3v) is 5.11. The van der Waals surface area contributed by atoms with Gasteiger partial charge in [-0.1, -0.05) is 41.1 Å². The lowest BCUT2D eigenvalue weighted by molar-refractivity contribution is 0.603. The molecule has 1 unspecified atom stereocenters. The topological polar surface area (TPSA) is 53.6 Å². The third-order valence-electron chi connectivity index (χ3n) is 4.61. The zero-order valence-electron chi connectivity index (χ0n) is 15.0. The summed E-state index contributed by atoms with van der Waals surface area (Å²) in [5.41, 5.74) is 9.61. The molecule has 0 saturated carbocycles. The number of guanidine groups is 1. The van der Waals surface area contributed by atoms with Crippen molar-refractivity contribution >= 4 is 57.2 Å². The Kier molecular flexibility index (Phi) is 8.21. The van der Waals surface area contributed by atoms with Crippen LogP contribution in [0.5, 0.6) is 0 Å². The van der Waals surface area contributed by atoms with Gasteiger partial charge in [-0.2, -0.15) is 0 Å². The molecule has 3 N–H and O–H groups in total. The number of hydrogen-bond donors (Lipinski definition) is 2. The van der Waals surface area contributed by atoms with Crippen molar-refractivity contribution in [1.29, 1.82) is 0 Å². The zero-order chi connectivity index (χ0) is 17.6. The first-order valence-corrected chi connectivity index (χ1v) is 9.59. The first-order chi connectivity index (χ1) is 12.1. The molecule has 1 saturated heterocycles. The average molecular weight is 529 g/mol. The maximum absolute atomic E-state index is 6.04. The van der Waals surface area contributed by atoms with E-state index in [0.717, 1.165) is 42.6 Å². The first kappa shape index (κ1) is 21.0. The Labute approximate surface area is 181 Å². The number of rotatable bonds is 5. The number of anilines is 2. The molecule has 1 heterocycles. The second kappa shape index (κ2) is 10.2. The predicted molar refractivity (Wildman–Crippen MR) is 126 cm³/mol. The van der Waals surface area contributed by atoms with Crippen molar-refractivity contribution < 1.29 is 0 Å². The molecule has 140 valence electrons. The summed E-state index contributed by atoms with van der Waals surface area (Å²) >= 11 is 3.54. The Hall–Kier alpha value is -1.28. The highest BCUT2D eigenvalue weighted by Crippen LogP contribution is 2.26. The molecule has 1 atom stereocenters. The van der Waals surface area contributed by atoms with Crippen molar-refractivity contribution in [2.24, 2.45) is 16.6 Å². The van der Waals surface area contributed by atoms with Gasteiger partial charge in [-0.05, 0) is 54.7 Å². The van der Waals surface area contributed by atoms with Crippen LogP contribution in [0, 0.1) is 5.92 Å². The highest BCUT2D eigenvalue weighted by atomic mass is 127. The van der Waals surface area contributed by atoms with E-state index in [2.05, 4.69) is 74.5 Å². The minimum atomic E-state index is 0. The van der Waals surface area contributed by atoms with Crippen LogP contribution in [0.3, 0.4) is 0 Å². The van der Waals surface area contributed by atoms with Crippen molar-refractivity contribution in [3.8, 4) is 0 Å². The molecule has 0 radical (unpaired) electrons. The van der Waals surface area contributed by atoms with E-state index < -0.39 is 0 Å². The fourth-order valence-corrected chi connectivity index (χ4v) is 3.51. The summed E-state index contributed by atoms with van der Waals surface area (Å²) in [5.74, 6) is 1.03. The maximum atomic E-state index is 6.04. The van der Waals surface area contributed by atoms with E-state index >= 15 is 0 Å². The quantitative estimate of drug-likeness (QED) is 0.330. The van der Waals surface area contributed by atoms with E-state index in [1.165, 1.54) is 11.3 Å². The van der Waals surface area contributed by atoms with Gasteiger partial charge in [-0.25, -0.2) is 0 Å². The molecule has 4 nitrogen and oxygen atoms in total. The summed E-state index contributed by atoms with van der Waals surface area (Å²) < 4.78 is 1.12. The van der Waals surface area contributed by atoms with E-state index in [4.69, 9.17) is 5.73 Å². The summed E-state index contributed by atoms with van der Waals surface area (Å²) in [6, 6.07) is 16.8. The maximum Gasteiger partial charge on any atom is 0.193 e. The standard InChI is InChI=1S/C20H25BrN4.HI/c1-2-15-6-8-18(9-7-15)24-20(22)23-13-16-10-11-25(14-16)19-5-3-4-17(21)12-19;/h3-9,12,16H,2,10-11,13-14H2,1H3,(H3,22,23,24);1H. The average Bonchev–Trinajstić information content (AvgIpc) is 3.10. The normalized spacial score (nSPS) is 17.1.